The van der Waals surface area contributed by atoms with Gasteiger partial charge in [-0.25, -0.2) is 4.98 Å². The highest BCUT2D eigenvalue weighted by atomic mass is 79.9. The quantitative estimate of drug-likeness (QED) is 0.848. The fraction of sp³-hybridized carbons (Fsp3) is 0.182. The molecule has 1 aromatic heterocycles. The van der Waals surface area contributed by atoms with Crippen molar-refractivity contribution in [2.75, 3.05) is 19.4 Å². The smallest absolute Gasteiger partial charge is 0.204 e. The van der Waals surface area contributed by atoms with Gasteiger partial charge in [-0.3, -0.25) is 4.31 Å². The van der Waals surface area contributed by atoms with Gasteiger partial charge in [0.15, 0.2) is 0 Å². The normalized spacial score (nSPS) is 10.8. The number of hydrogen-bond acceptors (Lipinski definition) is 4. The van der Waals surface area contributed by atoms with Crippen LogP contribution in [0.5, 0.6) is 0 Å². The molecule has 6 heteroatoms. The summed E-state index contributed by atoms with van der Waals surface area (Å²) in [5, 5.41) is 3.21. The summed E-state index contributed by atoms with van der Waals surface area (Å²) in [5.41, 5.74) is 1.01. The number of nitrogens with zero attached hydrogens (tertiary/aromatic N) is 2. The van der Waals surface area contributed by atoms with E-state index in [9.17, 15) is 0 Å². The fourth-order valence-electron chi connectivity index (χ4n) is 1.32. The van der Waals surface area contributed by atoms with Crippen molar-refractivity contribution in [2.24, 2.45) is 0 Å². The molecular weight excluding hydrogens is 300 g/mol. The molecule has 90 valence electrons. The lowest BCUT2D eigenvalue weighted by atomic mass is 10.3. The van der Waals surface area contributed by atoms with Crippen LogP contribution in [0.1, 0.15) is 0 Å². The van der Waals surface area contributed by atoms with Crippen LogP contribution in [0.25, 0.3) is 0 Å². The minimum Gasteiger partial charge on any atom is -0.331 e. The van der Waals surface area contributed by atoms with Crippen LogP contribution in [0.15, 0.2) is 40.0 Å². The van der Waals surface area contributed by atoms with Crippen molar-refractivity contribution in [1.82, 2.24) is 14.3 Å². The van der Waals surface area contributed by atoms with Crippen molar-refractivity contribution in [3.8, 4) is 0 Å². The first-order valence-electron chi connectivity index (χ1n) is 5.06. The van der Waals surface area contributed by atoms with Crippen molar-refractivity contribution in [1.29, 1.82) is 0 Å². The zero-order valence-corrected chi connectivity index (χ0v) is 12.0. The summed E-state index contributed by atoms with van der Waals surface area (Å²) in [6, 6.07) is 6.11. The van der Waals surface area contributed by atoms with E-state index in [1.165, 1.54) is 0 Å². The Kier molecular flexibility index (Phi) is 4.09. The third-order valence-corrected chi connectivity index (χ3v) is 3.83. The molecule has 1 aromatic carbocycles. The van der Waals surface area contributed by atoms with Gasteiger partial charge in [0, 0.05) is 27.4 Å². The average Bonchev–Trinajstić information content (AvgIpc) is 2.75. The van der Waals surface area contributed by atoms with Gasteiger partial charge in [-0.15, -0.1) is 0 Å². The van der Waals surface area contributed by atoms with E-state index >= 15 is 0 Å². The molecule has 0 atom stereocenters. The number of halogens is 1. The Labute approximate surface area is 113 Å². The molecule has 0 bridgehead atoms. The van der Waals surface area contributed by atoms with Crippen LogP contribution in [0.3, 0.4) is 0 Å². The largest absolute Gasteiger partial charge is 0.331 e. The van der Waals surface area contributed by atoms with Crippen LogP contribution in [-0.4, -0.2) is 28.4 Å². The number of aromatic nitrogens is 2. The van der Waals surface area contributed by atoms with E-state index in [2.05, 4.69) is 41.6 Å². The lowest BCUT2D eigenvalue weighted by Crippen LogP contribution is -1.99. The zero-order valence-electron chi connectivity index (χ0n) is 9.57. The lowest BCUT2D eigenvalue weighted by Gasteiger charge is -2.12. The monoisotopic (exact) mass is 312 g/mol. The molecule has 2 aromatic rings. The predicted molar refractivity (Wildman–Crippen MR) is 75.6 cm³/mol. The van der Waals surface area contributed by atoms with E-state index in [1.807, 2.05) is 26.2 Å². The van der Waals surface area contributed by atoms with Crippen LogP contribution >= 0.6 is 27.9 Å². The molecule has 17 heavy (non-hydrogen) atoms. The summed E-state index contributed by atoms with van der Waals surface area (Å²) in [6.45, 7) is 0. The minimum absolute atomic E-state index is 0.744. The van der Waals surface area contributed by atoms with Crippen molar-refractivity contribution in [3.05, 3.63) is 35.1 Å². The molecule has 0 spiro atoms. The first-order chi connectivity index (χ1) is 8.15. The van der Waals surface area contributed by atoms with Gasteiger partial charge in [0.2, 0.25) is 5.95 Å². The number of H-pyrrole nitrogens is 1. The van der Waals surface area contributed by atoms with Crippen LogP contribution in [0.2, 0.25) is 0 Å². The van der Waals surface area contributed by atoms with E-state index in [0.29, 0.717) is 0 Å². The number of rotatable bonds is 4. The van der Waals surface area contributed by atoms with Gasteiger partial charge in [-0.05, 0) is 60.2 Å². The van der Waals surface area contributed by atoms with Crippen molar-refractivity contribution < 1.29 is 0 Å². The van der Waals surface area contributed by atoms with Crippen LogP contribution in [0.4, 0.5) is 11.6 Å². The SMILES string of the molecule is CN(C)Sc1cc(Nc2ncc[nH]2)ccc1Br. The maximum atomic E-state index is 4.13. The second-order valence-electron chi connectivity index (χ2n) is 3.61. The standard InChI is InChI=1S/C11H13BrN4S/c1-16(2)17-10-7-8(3-4-9(10)12)15-11-13-5-6-14-11/h3-7H,1-2H3,(H2,13,14,15). The van der Waals surface area contributed by atoms with Crippen LogP contribution in [0, 0.1) is 0 Å². The maximum Gasteiger partial charge on any atom is 0.204 e. The Morgan fingerprint density at radius 1 is 1.41 bits per heavy atom. The van der Waals surface area contributed by atoms with Crippen LogP contribution < -0.4 is 5.32 Å². The fourth-order valence-corrected chi connectivity index (χ4v) is 2.51. The van der Waals surface area contributed by atoms with E-state index in [-0.39, 0.29) is 0 Å². The minimum atomic E-state index is 0.744. The first kappa shape index (κ1) is 12.5. The summed E-state index contributed by atoms with van der Waals surface area (Å²) in [5.74, 6) is 0.744. The zero-order chi connectivity index (χ0) is 12.3. The molecule has 0 saturated heterocycles. The molecule has 0 aliphatic rings. The van der Waals surface area contributed by atoms with Crippen LogP contribution in [-0.2, 0) is 0 Å². The maximum absolute atomic E-state index is 4.13. The van der Waals surface area contributed by atoms with Crippen molar-refractivity contribution >= 4 is 39.5 Å². The number of imidazole rings is 1. The van der Waals surface area contributed by atoms with Crippen molar-refractivity contribution in [2.45, 2.75) is 4.90 Å². The molecule has 4 nitrogen and oxygen atoms in total. The van der Waals surface area contributed by atoms with Gasteiger partial charge in [-0.2, -0.15) is 0 Å². The molecule has 0 saturated carbocycles. The molecule has 0 unspecified atom stereocenters. The first-order valence-corrected chi connectivity index (χ1v) is 6.63. The van der Waals surface area contributed by atoms with E-state index in [4.69, 9.17) is 0 Å². The number of benzene rings is 1. The predicted octanol–water partition coefficient (Wildman–Crippen LogP) is 3.48. The number of aromatic amines is 1. The summed E-state index contributed by atoms with van der Waals surface area (Å²) in [6.07, 6.45) is 3.51. The molecular formula is C11H13BrN4S. The van der Waals surface area contributed by atoms with Gasteiger partial charge >= 0.3 is 0 Å². The third-order valence-electron chi connectivity index (χ3n) is 1.97. The van der Waals surface area contributed by atoms with Gasteiger partial charge in [0.1, 0.15) is 0 Å². The van der Waals surface area contributed by atoms with Gasteiger partial charge < -0.3 is 10.3 Å². The number of hydrogen-bond donors (Lipinski definition) is 2. The van der Waals surface area contributed by atoms with E-state index < -0.39 is 0 Å². The summed E-state index contributed by atoms with van der Waals surface area (Å²) < 4.78 is 3.14. The topological polar surface area (TPSA) is 44.0 Å². The summed E-state index contributed by atoms with van der Waals surface area (Å²) in [4.78, 5) is 8.30. The Morgan fingerprint density at radius 2 is 2.24 bits per heavy atom. The van der Waals surface area contributed by atoms with E-state index in [0.717, 1.165) is 21.0 Å². The lowest BCUT2D eigenvalue weighted by molar-refractivity contribution is 0.702. The van der Waals surface area contributed by atoms with Gasteiger partial charge in [0.25, 0.3) is 0 Å². The van der Waals surface area contributed by atoms with Crippen molar-refractivity contribution in [3.63, 3.8) is 0 Å². The molecule has 2 rings (SSSR count). The number of nitrogens with one attached hydrogen (secondary N) is 2. The van der Waals surface area contributed by atoms with Gasteiger partial charge in [0.05, 0.1) is 0 Å². The summed E-state index contributed by atoms with van der Waals surface area (Å²) >= 11 is 5.21. The molecule has 0 aliphatic heterocycles. The highest BCUT2D eigenvalue weighted by molar-refractivity contribution is 9.10. The third kappa shape index (κ3) is 3.49. The molecule has 1 heterocycles. The molecule has 0 fully saturated rings. The summed E-state index contributed by atoms with van der Waals surface area (Å²) in [7, 11) is 4.04. The second-order valence-corrected chi connectivity index (χ2v) is 5.82. The second kappa shape index (κ2) is 5.57. The highest BCUT2D eigenvalue weighted by Gasteiger charge is 2.05. The molecule has 2 N–H and O–H groups in total. The molecule has 0 amide bonds. The Balaban J connectivity index is 2.18. The Morgan fingerprint density at radius 3 is 2.88 bits per heavy atom. The Hall–Kier alpha value is -0.980. The number of anilines is 2. The van der Waals surface area contributed by atoms with Gasteiger partial charge in [-0.1, -0.05) is 0 Å². The van der Waals surface area contributed by atoms with E-state index in [1.54, 1.807) is 24.3 Å². The Bertz CT molecular complexity index is 484. The highest BCUT2D eigenvalue weighted by Crippen LogP contribution is 2.31. The average molecular weight is 313 g/mol. The molecule has 0 aliphatic carbocycles. The molecule has 0 radical (unpaired) electrons.